The first-order valence-corrected chi connectivity index (χ1v) is 18.3. The van der Waals surface area contributed by atoms with Gasteiger partial charge in [0.05, 0.1) is 11.0 Å². The van der Waals surface area contributed by atoms with Gasteiger partial charge in [-0.15, -0.1) is 11.8 Å². The van der Waals surface area contributed by atoms with E-state index in [1.54, 1.807) is 0 Å². The molecule has 4 unspecified atom stereocenters. The van der Waals surface area contributed by atoms with Crippen molar-refractivity contribution < 1.29 is 5.32 Å². The molecule has 3 heterocycles. The van der Waals surface area contributed by atoms with E-state index < -0.39 is 0 Å². The first-order valence-electron chi connectivity index (χ1n) is 17.5. The Kier molecular flexibility index (Phi) is 7.05. The molecule has 3 aliphatic rings. The molecule has 4 atom stereocenters. The zero-order valence-corrected chi connectivity index (χ0v) is 29.3. The lowest BCUT2D eigenvalue weighted by atomic mass is 9.77. The van der Waals surface area contributed by atoms with Crippen LogP contribution in [0.2, 0.25) is 0 Å². The summed E-state index contributed by atoms with van der Waals surface area (Å²) in [6.07, 6.45) is 11.5. The van der Waals surface area contributed by atoms with Crippen LogP contribution in [-0.2, 0) is 10.8 Å². The van der Waals surface area contributed by atoms with Crippen molar-refractivity contribution in [2.24, 2.45) is 0 Å². The van der Waals surface area contributed by atoms with Crippen LogP contribution in [0.1, 0.15) is 62.3 Å². The second kappa shape index (κ2) is 11.4. The van der Waals surface area contributed by atoms with Crippen molar-refractivity contribution in [2.45, 2.75) is 61.0 Å². The largest absolute Gasteiger partial charge is 0.317 e. The summed E-state index contributed by atoms with van der Waals surface area (Å²) in [7, 11) is 0. The van der Waals surface area contributed by atoms with E-state index in [1.807, 2.05) is 11.8 Å². The van der Waals surface area contributed by atoms with Gasteiger partial charge in [0.1, 0.15) is 6.04 Å². The molecule has 0 bridgehead atoms. The molecule has 242 valence electrons. The lowest BCUT2D eigenvalue weighted by molar-refractivity contribution is -0.744. The molecule has 6 aromatic rings. The maximum atomic E-state index is 4.03. The number of aromatic nitrogens is 1. The number of hydrogen-bond donors (Lipinski definition) is 2. The Hall–Kier alpha value is -4.77. The van der Waals surface area contributed by atoms with Crippen LogP contribution in [0.3, 0.4) is 0 Å². The molecule has 49 heavy (non-hydrogen) atoms. The molecule has 3 nitrogen and oxygen atoms in total. The number of nitrogens with two attached hydrogens (primary N) is 1. The molecular formula is C45H42N3S+. The third-order valence-corrected chi connectivity index (χ3v) is 12.3. The Balaban J connectivity index is 1.17. The van der Waals surface area contributed by atoms with Crippen molar-refractivity contribution in [3.05, 3.63) is 168 Å². The highest BCUT2D eigenvalue weighted by molar-refractivity contribution is 8.00. The SMILES string of the molecule is CC(C)(C)c1ccc(-c2ccc3c4ccccc4n(C4NC(c5ccc6c(c5)SC5C=CC=CC65C)=CC(c5ccccc5)[NH2+]4)c3c2)cc1. The first-order chi connectivity index (χ1) is 23.8. The summed E-state index contributed by atoms with van der Waals surface area (Å²) in [5, 5.41) is 9.50. The second-order valence-electron chi connectivity index (χ2n) is 15.0. The van der Waals surface area contributed by atoms with Gasteiger partial charge in [-0.3, -0.25) is 9.88 Å². The number of rotatable bonds is 4. The van der Waals surface area contributed by atoms with Crippen LogP contribution in [0, 0.1) is 0 Å². The van der Waals surface area contributed by atoms with Gasteiger partial charge in [-0.05, 0) is 51.4 Å². The van der Waals surface area contributed by atoms with Crippen LogP contribution >= 0.6 is 11.8 Å². The molecule has 2 aliphatic heterocycles. The molecule has 0 saturated heterocycles. The van der Waals surface area contributed by atoms with Gasteiger partial charge < -0.3 is 5.32 Å². The van der Waals surface area contributed by atoms with E-state index in [0.29, 0.717) is 5.25 Å². The van der Waals surface area contributed by atoms with Crippen molar-refractivity contribution in [1.29, 1.82) is 0 Å². The minimum Gasteiger partial charge on any atom is -0.317 e. The highest BCUT2D eigenvalue weighted by Gasteiger charge is 2.42. The second-order valence-corrected chi connectivity index (χ2v) is 16.2. The van der Waals surface area contributed by atoms with Gasteiger partial charge >= 0.3 is 0 Å². The fourth-order valence-electron chi connectivity index (χ4n) is 8.03. The maximum Gasteiger partial charge on any atom is 0.245 e. The normalized spacial score (nSPS) is 22.9. The molecular weight excluding hydrogens is 615 g/mol. The maximum absolute atomic E-state index is 4.03. The Morgan fingerprint density at radius 3 is 2.29 bits per heavy atom. The fraction of sp³-hybridized carbons (Fsp3) is 0.200. The monoisotopic (exact) mass is 656 g/mol. The zero-order valence-electron chi connectivity index (χ0n) is 28.5. The number of fused-ring (bicyclic) bond motifs is 6. The third kappa shape index (κ3) is 5.08. The van der Waals surface area contributed by atoms with Crippen LogP contribution in [0.15, 0.2) is 151 Å². The van der Waals surface area contributed by atoms with Crippen LogP contribution in [0.4, 0.5) is 0 Å². The number of quaternary nitrogens is 1. The molecule has 1 aromatic heterocycles. The molecule has 0 amide bonds. The molecule has 9 rings (SSSR count). The van der Waals surface area contributed by atoms with E-state index in [9.17, 15) is 0 Å². The first kappa shape index (κ1) is 30.3. The molecule has 0 fully saturated rings. The number of allylic oxidation sites excluding steroid dienone is 3. The fourth-order valence-corrected chi connectivity index (χ4v) is 9.53. The standard InChI is InChI=1S/C45H41N3S/c1-44(2,3)33-21-17-29(18-22-33)31-19-23-35-34-14-8-9-15-39(34)48(40(35)26-31)43-46-37(30-12-6-5-7-13-30)28-38(47-43)32-20-24-36-41(27-32)49-42-16-10-11-25-45(36,42)4/h5-28,37,42-43,46-47H,1-4H3/p+1. The van der Waals surface area contributed by atoms with E-state index in [2.05, 4.69) is 189 Å². The Labute approximate surface area is 293 Å². The van der Waals surface area contributed by atoms with E-state index in [0.717, 1.165) is 0 Å². The summed E-state index contributed by atoms with van der Waals surface area (Å²) in [6.45, 7) is 9.19. The van der Waals surface area contributed by atoms with Crippen molar-refractivity contribution in [2.75, 3.05) is 0 Å². The molecule has 1 aliphatic carbocycles. The number of para-hydroxylation sites is 1. The van der Waals surface area contributed by atoms with E-state index in [1.165, 1.54) is 65.8 Å². The van der Waals surface area contributed by atoms with E-state index >= 15 is 0 Å². The van der Waals surface area contributed by atoms with Gasteiger partial charge in [-0.1, -0.05) is 149 Å². The van der Waals surface area contributed by atoms with Crippen molar-refractivity contribution in [1.82, 2.24) is 9.88 Å². The van der Waals surface area contributed by atoms with Gasteiger partial charge in [-0.25, -0.2) is 0 Å². The Morgan fingerprint density at radius 2 is 1.47 bits per heavy atom. The summed E-state index contributed by atoms with van der Waals surface area (Å²) in [5.41, 5.74) is 11.6. The summed E-state index contributed by atoms with van der Waals surface area (Å²) in [6, 6.07) is 43.2. The van der Waals surface area contributed by atoms with E-state index in [-0.39, 0.29) is 23.2 Å². The van der Waals surface area contributed by atoms with Crippen LogP contribution in [-0.4, -0.2) is 9.82 Å². The van der Waals surface area contributed by atoms with Crippen molar-refractivity contribution >= 4 is 39.3 Å². The molecule has 0 saturated carbocycles. The zero-order chi connectivity index (χ0) is 33.3. The van der Waals surface area contributed by atoms with Gasteiger partial charge in [0, 0.05) is 43.7 Å². The van der Waals surface area contributed by atoms with Crippen molar-refractivity contribution in [3.63, 3.8) is 0 Å². The van der Waals surface area contributed by atoms with Crippen LogP contribution < -0.4 is 10.6 Å². The van der Waals surface area contributed by atoms with Gasteiger partial charge in [0.25, 0.3) is 0 Å². The van der Waals surface area contributed by atoms with Crippen molar-refractivity contribution in [3.8, 4) is 11.1 Å². The Bertz CT molecular complexity index is 2320. The van der Waals surface area contributed by atoms with Gasteiger partial charge in [-0.2, -0.15) is 0 Å². The highest BCUT2D eigenvalue weighted by atomic mass is 32.2. The molecule has 0 radical (unpaired) electrons. The predicted molar refractivity (Wildman–Crippen MR) is 207 cm³/mol. The summed E-state index contributed by atoms with van der Waals surface area (Å²) in [4.78, 5) is 1.38. The molecule has 3 N–H and O–H groups in total. The minimum atomic E-state index is -0.0574. The number of thioether (sulfide) groups is 1. The lowest BCUT2D eigenvalue weighted by Gasteiger charge is -2.31. The van der Waals surface area contributed by atoms with Gasteiger partial charge in [0.2, 0.25) is 6.29 Å². The topological polar surface area (TPSA) is 33.6 Å². The molecule has 5 aromatic carbocycles. The predicted octanol–water partition coefficient (Wildman–Crippen LogP) is 10.0. The summed E-state index contributed by atoms with van der Waals surface area (Å²) >= 11 is 1.99. The Morgan fingerprint density at radius 1 is 0.735 bits per heavy atom. The number of nitrogens with zero attached hydrogens (tertiary/aromatic N) is 1. The van der Waals surface area contributed by atoms with Crippen LogP contribution in [0.5, 0.6) is 0 Å². The average molecular weight is 657 g/mol. The minimum absolute atomic E-state index is 0.0400. The van der Waals surface area contributed by atoms with E-state index in [4.69, 9.17) is 0 Å². The number of benzene rings is 5. The highest BCUT2D eigenvalue weighted by Crippen LogP contribution is 2.52. The smallest absolute Gasteiger partial charge is 0.245 e. The quantitative estimate of drug-likeness (QED) is 0.198. The third-order valence-electron chi connectivity index (χ3n) is 10.9. The van der Waals surface area contributed by atoms with Crippen LogP contribution in [0.25, 0.3) is 38.6 Å². The number of hydrogen-bond acceptors (Lipinski definition) is 2. The number of nitrogens with one attached hydrogen (secondary N) is 1. The van der Waals surface area contributed by atoms with Gasteiger partial charge in [0.15, 0.2) is 0 Å². The lowest BCUT2D eigenvalue weighted by Crippen LogP contribution is -2.91. The molecule has 4 heteroatoms. The summed E-state index contributed by atoms with van der Waals surface area (Å²) in [5.74, 6) is 0. The average Bonchev–Trinajstić information content (AvgIpc) is 3.62. The molecule has 0 spiro atoms. The summed E-state index contributed by atoms with van der Waals surface area (Å²) < 4.78 is 2.52.